The standard InChI is InChI=1S/C49H47N3Si/c1-48(2,3)38-27-25-35(26-28-38)46-50-45(34-23-21-33(22-24-34)32-15-10-9-11-16-32)51-47(52-46)37-18-14-17-36(31-37)39-29-30-42(53(6,7)8)43-40-19-12-13-20-41(40)49(4,5)44(39)43/h9-31H,1-8H3/i12D,13D,19D,20D,29D,30D. The first kappa shape index (κ1) is 28.1. The van der Waals surface area contributed by atoms with E-state index in [0.29, 0.717) is 50.9 Å². The zero-order chi connectivity index (χ0) is 42.3. The molecule has 3 nitrogen and oxygen atoms in total. The van der Waals surface area contributed by atoms with Crippen LogP contribution in [0.1, 0.15) is 59.5 Å². The van der Waals surface area contributed by atoms with Gasteiger partial charge in [-0.2, -0.15) is 0 Å². The van der Waals surface area contributed by atoms with E-state index in [9.17, 15) is 2.74 Å². The third-order valence-electron chi connectivity index (χ3n) is 10.3. The molecule has 0 amide bonds. The Labute approximate surface area is 324 Å². The van der Waals surface area contributed by atoms with Crippen molar-refractivity contribution in [3.05, 3.63) is 156 Å². The number of hydrogen-bond donors (Lipinski definition) is 0. The lowest BCUT2D eigenvalue weighted by molar-refractivity contribution is 0.590. The first-order valence-corrected chi connectivity index (χ1v) is 21.7. The molecule has 0 fully saturated rings. The fourth-order valence-corrected chi connectivity index (χ4v) is 8.82. The molecular formula is C49H47N3Si. The van der Waals surface area contributed by atoms with Gasteiger partial charge in [0, 0.05) is 22.1 Å². The maximum Gasteiger partial charge on any atom is 0.164 e. The third-order valence-corrected chi connectivity index (χ3v) is 12.2. The van der Waals surface area contributed by atoms with E-state index in [-0.39, 0.29) is 41.7 Å². The minimum atomic E-state index is -2.36. The highest BCUT2D eigenvalue weighted by molar-refractivity contribution is 6.89. The van der Waals surface area contributed by atoms with Crippen molar-refractivity contribution in [3.8, 4) is 67.5 Å². The van der Waals surface area contributed by atoms with Gasteiger partial charge in [0.1, 0.15) is 0 Å². The van der Waals surface area contributed by atoms with Gasteiger partial charge in [0.05, 0.1) is 16.3 Å². The molecule has 0 saturated heterocycles. The van der Waals surface area contributed by atoms with E-state index >= 15 is 0 Å². The predicted octanol–water partition coefficient (Wildman–Crippen LogP) is 12.4. The summed E-state index contributed by atoms with van der Waals surface area (Å²) >= 11 is 0. The molecule has 1 aliphatic rings. The molecule has 7 aromatic rings. The number of hydrogen-bond acceptors (Lipinski definition) is 3. The molecule has 4 heteroatoms. The van der Waals surface area contributed by atoms with Gasteiger partial charge in [0.25, 0.3) is 0 Å². The maximum atomic E-state index is 9.63. The highest BCUT2D eigenvalue weighted by Gasteiger charge is 2.40. The van der Waals surface area contributed by atoms with Crippen LogP contribution in [0.25, 0.3) is 67.5 Å². The van der Waals surface area contributed by atoms with Crippen molar-refractivity contribution < 1.29 is 8.22 Å². The lowest BCUT2D eigenvalue weighted by atomic mass is 9.78. The fraction of sp³-hybridized carbons (Fsp3) is 0.204. The Morgan fingerprint density at radius 2 is 1.08 bits per heavy atom. The third kappa shape index (κ3) is 6.36. The molecule has 0 N–H and O–H groups in total. The summed E-state index contributed by atoms with van der Waals surface area (Å²) in [6.45, 7) is 16.9. The van der Waals surface area contributed by atoms with E-state index in [1.807, 2.05) is 68.4 Å². The highest BCUT2D eigenvalue weighted by Crippen LogP contribution is 2.52. The van der Waals surface area contributed by atoms with Crippen molar-refractivity contribution in [1.82, 2.24) is 15.0 Å². The molecule has 0 aliphatic heterocycles. The van der Waals surface area contributed by atoms with E-state index in [2.05, 4.69) is 88.9 Å². The number of benzene rings is 6. The number of nitrogens with zero attached hydrogens (tertiary/aromatic N) is 3. The number of rotatable bonds is 6. The van der Waals surface area contributed by atoms with Crippen LogP contribution >= 0.6 is 0 Å². The van der Waals surface area contributed by atoms with Crippen LogP contribution < -0.4 is 5.19 Å². The van der Waals surface area contributed by atoms with E-state index < -0.39 is 13.5 Å². The van der Waals surface area contributed by atoms with Crippen LogP contribution in [0.15, 0.2) is 139 Å². The molecule has 6 aromatic carbocycles. The van der Waals surface area contributed by atoms with Crippen molar-refractivity contribution in [3.63, 3.8) is 0 Å². The topological polar surface area (TPSA) is 38.7 Å². The van der Waals surface area contributed by atoms with Gasteiger partial charge >= 0.3 is 0 Å². The summed E-state index contributed by atoms with van der Waals surface area (Å²) in [4.78, 5) is 15.1. The minimum absolute atomic E-state index is 0.0225. The SMILES string of the molecule is [2H]c1c([2H])c([2H])c2c(c1[2H])-c1c(c(-c3cccc(-c4nc(-c5ccc(-c6ccccc6)cc5)nc(-c5ccc(C(C)(C)C)cc5)n4)c3)c([2H])c([2H])c1[Si](C)(C)C)C2(C)C. The summed E-state index contributed by atoms with van der Waals surface area (Å²) in [7, 11) is -2.36. The van der Waals surface area contributed by atoms with Crippen LogP contribution in [-0.4, -0.2) is 23.0 Å². The monoisotopic (exact) mass is 711 g/mol. The maximum absolute atomic E-state index is 9.63. The van der Waals surface area contributed by atoms with Crippen LogP contribution in [-0.2, 0) is 10.8 Å². The van der Waals surface area contributed by atoms with Gasteiger partial charge in [-0.3, -0.25) is 0 Å². The predicted molar refractivity (Wildman–Crippen MR) is 226 cm³/mol. The number of fused-ring (bicyclic) bond motifs is 3. The van der Waals surface area contributed by atoms with E-state index in [4.69, 9.17) is 20.4 Å². The van der Waals surface area contributed by atoms with Crippen molar-refractivity contribution >= 4 is 13.3 Å². The van der Waals surface area contributed by atoms with Crippen molar-refractivity contribution in [2.75, 3.05) is 0 Å². The minimum Gasteiger partial charge on any atom is -0.208 e. The van der Waals surface area contributed by atoms with Crippen molar-refractivity contribution in [1.29, 1.82) is 0 Å². The Morgan fingerprint density at radius 3 is 1.70 bits per heavy atom. The second-order valence-corrected chi connectivity index (χ2v) is 21.5. The lowest BCUT2D eigenvalue weighted by Crippen LogP contribution is -2.39. The van der Waals surface area contributed by atoms with Gasteiger partial charge in [-0.1, -0.05) is 193 Å². The molecule has 0 bridgehead atoms. The molecule has 0 radical (unpaired) electrons. The first-order chi connectivity index (χ1) is 27.8. The van der Waals surface area contributed by atoms with Gasteiger partial charge in [-0.15, -0.1) is 0 Å². The van der Waals surface area contributed by atoms with Crippen LogP contribution in [0.4, 0.5) is 0 Å². The van der Waals surface area contributed by atoms with Gasteiger partial charge in [-0.05, 0) is 61.6 Å². The van der Waals surface area contributed by atoms with E-state index in [1.54, 1.807) is 0 Å². The van der Waals surface area contributed by atoms with Crippen molar-refractivity contribution in [2.45, 2.75) is 65.1 Å². The Bertz CT molecular complexity index is 2810. The second-order valence-electron chi connectivity index (χ2n) is 16.5. The summed E-state index contributed by atoms with van der Waals surface area (Å²) in [5.74, 6) is 1.50. The summed E-state index contributed by atoms with van der Waals surface area (Å²) in [5.41, 5.74) is 8.47. The molecule has 1 aromatic heterocycles. The van der Waals surface area contributed by atoms with Gasteiger partial charge in [0.15, 0.2) is 17.5 Å². The zero-order valence-corrected chi connectivity index (χ0v) is 32.7. The highest BCUT2D eigenvalue weighted by atomic mass is 28.3. The van der Waals surface area contributed by atoms with Crippen LogP contribution in [0.2, 0.25) is 19.6 Å². The Balaban J connectivity index is 1.34. The summed E-state index contributed by atoms with van der Waals surface area (Å²) in [6, 6.07) is 33.9. The van der Waals surface area contributed by atoms with E-state index in [1.165, 1.54) is 5.56 Å². The fourth-order valence-electron chi connectivity index (χ4n) is 7.39. The van der Waals surface area contributed by atoms with Gasteiger partial charge in [0.2, 0.25) is 0 Å². The summed E-state index contributed by atoms with van der Waals surface area (Å²) < 4.78 is 54.6. The number of aromatic nitrogens is 3. The molecular weight excluding hydrogens is 659 g/mol. The molecule has 0 atom stereocenters. The van der Waals surface area contributed by atoms with Gasteiger partial charge < -0.3 is 0 Å². The zero-order valence-electron chi connectivity index (χ0n) is 37.7. The molecule has 0 unspecified atom stereocenters. The molecule has 8 rings (SSSR count). The van der Waals surface area contributed by atoms with Crippen LogP contribution in [0, 0.1) is 0 Å². The smallest absolute Gasteiger partial charge is 0.164 e. The molecule has 1 heterocycles. The average molecular weight is 712 g/mol. The first-order valence-electron chi connectivity index (χ1n) is 21.2. The molecule has 0 spiro atoms. The van der Waals surface area contributed by atoms with Crippen molar-refractivity contribution in [2.24, 2.45) is 0 Å². The Kier molecular flexibility index (Phi) is 6.84. The second kappa shape index (κ2) is 12.9. The van der Waals surface area contributed by atoms with E-state index in [0.717, 1.165) is 33.0 Å². The van der Waals surface area contributed by atoms with Gasteiger partial charge in [-0.25, -0.2) is 15.0 Å². The molecule has 0 saturated carbocycles. The molecule has 262 valence electrons. The van der Waals surface area contributed by atoms with Crippen LogP contribution in [0.5, 0.6) is 0 Å². The summed E-state index contributed by atoms with van der Waals surface area (Å²) in [5, 5.41) is 0.733. The average Bonchev–Trinajstić information content (AvgIpc) is 3.45. The lowest BCUT2D eigenvalue weighted by Gasteiger charge is -2.27. The normalized spacial score (nSPS) is 15.0. The summed E-state index contributed by atoms with van der Waals surface area (Å²) in [6.07, 6.45) is 0. The quantitative estimate of drug-likeness (QED) is 0.161. The Hall–Kier alpha value is -5.45. The largest absolute Gasteiger partial charge is 0.208 e. The molecule has 1 aliphatic carbocycles. The Morgan fingerprint density at radius 1 is 0.547 bits per heavy atom. The van der Waals surface area contributed by atoms with Crippen LogP contribution in [0.3, 0.4) is 0 Å². The molecule has 53 heavy (non-hydrogen) atoms.